The summed E-state index contributed by atoms with van der Waals surface area (Å²) < 4.78 is 0. The first-order valence-electron chi connectivity index (χ1n) is 5.03. The van der Waals surface area contributed by atoms with E-state index in [9.17, 15) is 4.79 Å². The molecule has 1 fully saturated rings. The Morgan fingerprint density at radius 1 is 1.38 bits per heavy atom. The Bertz CT molecular complexity index is 157. The van der Waals surface area contributed by atoms with Crippen LogP contribution in [0.3, 0.4) is 0 Å². The zero-order valence-electron chi connectivity index (χ0n) is 9.50. The summed E-state index contributed by atoms with van der Waals surface area (Å²) in [6.07, 6.45) is 1.12. The standard InChI is InChI=1S/C8H16N2O.C2H6/c1-7(11)10-5-4-8(6-10)9(2)3;1-2/h8H,4-6H2,1-3H3;1-2H3/t8-;/m1./s1. The van der Waals surface area contributed by atoms with Crippen LogP contribution in [0.1, 0.15) is 27.2 Å². The van der Waals surface area contributed by atoms with E-state index in [4.69, 9.17) is 0 Å². The van der Waals surface area contributed by atoms with Crippen LogP contribution in [0, 0.1) is 0 Å². The van der Waals surface area contributed by atoms with Crippen LogP contribution in [0.15, 0.2) is 0 Å². The number of hydrogen-bond donors (Lipinski definition) is 0. The second-order valence-corrected chi connectivity index (χ2v) is 3.37. The zero-order chi connectivity index (χ0) is 10.4. The molecule has 1 atom stereocenters. The van der Waals surface area contributed by atoms with E-state index in [0.29, 0.717) is 6.04 Å². The molecule has 0 saturated carbocycles. The summed E-state index contributed by atoms with van der Waals surface area (Å²) >= 11 is 0. The summed E-state index contributed by atoms with van der Waals surface area (Å²) in [6.45, 7) is 7.47. The van der Waals surface area contributed by atoms with Crippen molar-refractivity contribution in [2.75, 3.05) is 27.2 Å². The molecule has 3 heteroatoms. The molecule has 1 aliphatic rings. The van der Waals surface area contributed by atoms with Crippen LogP contribution >= 0.6 is 0 Å². The van der Waals surface area contributed by atoms with Crippen molar-refractivity contribution in [2.45, 2.75) is 33.2 Å². The van der Waals surface area contributed by atoms with Gasteiger partial charge < -0.3 is 9.80 Å². The third-order valence-electron chi connectivity index (χ3n) is 2.34. The van der Waals surface area contributed by atoms with E-state index in [0.717, 1.165) is 19.5 Å². The van der Waals surface area contributed by atoms with Gasteiger partial charge in [0.2, 0.25) is 5.91 Å². The normalized spacial score (nSPS) is 21.4. The van der Waals surface area contributed by atoms with Gasteiger partial charge in [0.05, 0.1) is 0 Å². The average Bonchev–Trinajstić information content (AvgIpc) is 2.56. The van der Waals surface area contributed by atoms with Crippen LogP contribution in [0.25, 0.3) is 0 Å². The number of rotatable bonds is 1. The molecule has 0 bridgehead atoms. The number of amides is 1. The van der Waals surface area contributed by atoms with Crippen LogP contribution < -0.4 is 0 Å². The molecular formula is C10H22N2O. The minimum atomic E-state index is 0.203. The summed E-state index contributed by atoms with van der Waals surface area (Å²) in [6, 6.07) is 0.568. The second-order valence-electron chi connectivity index (χ2n) is 3.37. The largest absolute Gasteiger partial charge is 0.341 e. The monoisotopic (exact) mass is 186 g/mol. The lowest BCUT2D eigenvalue weighted by atomic mass is 10.2. The number of nitrogens with zero attached hydrogens (tertiary/aromatic N) is 2. The second kappa shape index (κ2) is 5.97. The molecule has 78 valence electrons. The average molecular weight is 186 g/mol. The van der Waals surface area contributed by atoms with E-state index in [-0.39, 0.29) is 5.91 Å². The molecule has 0 spiro atoms. The summed E-state index contributed by atoms with van der Waals surface area (Å²) in [7, 11) is 4.13. The van der Waals surface area contributed by atoms with Gasteiger partial charge in [-0.3, -0.25) is 4.79 Å². The Balaban J connectivity index is 0.000000671. The SMILES string of the molecule is CC.CC(=O)N1CC[C@@H](N(C)C)C1. The van der Waals surface area contributed by atoms with Gasteiger partial charge in [-0.05, 0) is 20.5 Å². The topological polar surface area (TPSA) is 23.6 Å². The lowest BCUT2D eigenvalue weighted by molar-refractivity contribution is -0.127. The van der Waals surface area contributed by atoms with Gasteiger partial charge in [-0.1, -0.05) is 13.8 Å². The van der Waals surface area contributed by atoms with Crippen molar-refractivity contribution >= 4 is 5.91 Å². The summed E-state index contributed by atoms with van der Waals surface area (Å²) in [5, 5.41) is 0. The minimum absolute atomic E-state index is 0.203. The third kappa shape index (κ3) is 3.77. The van der Waals surface area contributed by atoms with Crippen molar-refractivity contribution in [1.29, 1.82) is 0 Å². The summed E-state index contributed by atoms with van der Waals surface area (Å²) in [5.74, 6) is 0.203. The molecule has 3 nitrogen and oxygen atoms in total. The fraction of sp³-hybridized carbons (Fsp3) is 0.900. The molecule has 0 aromatic heterocycles. The summed E-state index contributed by atoms with van der Waals surface area (Å²) in [4.78, 5) is 15.0. The van der Waals surface area contributed by atoms with Gasteiger partial charge in [0, 0.05) is 26.1 Å². The Hall–Kier alpha value is -0.570. The number of likely N-dealkylation sites (tertiary alicyclic amines) is 1. The molecule has 0 radical (unpaired) electrons. The first kappa shape index (κ1) is 12.4. The highest BCUT2D eigenvalue weighted by atomic mass is 16.2. The fourth-order valence-corrected chi connectivity index (χ4v) is 1.45. The van der Waals surface area contributed by atoms with Gasteiger partial charge in [0.1, 0.15) is 0 Å². The summed E-state index contributed by atoms with van der Waals surface area (Å²) in [5.41, 5.74) is 0. The van der Waals surface area contributed by atoms with Gasteiger partial charge in [-0.15, -0.1) is 0 Å². The van der Waals surface area contributed by atoms with Gasteiger partial charge in [0.15, 0.2) is 0 Å². The van der Waals surface area contributed by atoms with Gasteiger partial charge in [-0.25, -0.2) is 0 Å². The highest BCUT2D eigenvalue weighted by Gasteiger charge is 2.24. The Morgan fingerprint density at radius 2 is 1.92 bits per heavy atom. The van der Waals surface area contributed by atoms with Gasteiger partial charge in [-0.2, -0.15) is 0 Å². The highest BCUT2D eigenvalue weighted by molar-refractivity contribution is 5.73. The lowest BCUT2D eigenvalue weighted by Crippen LogP contribution is -2.33. The minimum Gasteiger partial charge on any atom is -0.341 e. The maximum absolute atomic E-state index is 10.9. The Kier molecular flexibility index (Phi) is 5.71. The molecule has 0 N–H and O–H groups in total. The van der Waals surface area contributed by atoms with Crippen LogP contribution in [-0.2, 0) is 4.79 Å². The lowest BCUT2D eigenvalue weighted by Gasteiger charge is -2.19. The molecule has 0 aromatic rings. The smallest absolute Gasteiger partial charge is 0.219 e. The Morgan fingerprint density at radius 3 is 2.15 bits per heavy atom. The quantitative estimate of drug-likeness (QED) is 0.614. The van der Waals surface area contributed by atoms with Crippen molar-refractivity contribution in [3.8, 4) is 0 Å². The zero-order valence-corrected chi connectivity index (χ0v) is 9.50. The maximum Gasteiger partial charge on any atom is 0.219 e. The highest BCUT2D eigenvalue weighted by Crippen LogP contribution is 2.12. The van der Waals surface area contributed by atoms with Gasteiger partial charge >= 0.3 is 0 Å². The molecule has 13 heavy (non-hydrogen) atoms. The van der Waals surface area contributed by atoms with E-state index < -0.39 is 0 Å². The van der Waals surface area contributed by atoms with Crippen molar-refractivity contribution in [3.05, 3.63) is 0 Å². The number of carbonyl (C=O) groups excluding carboxylic acids is 1. The van der Waals surface area contributed by atoms with Gasteiger partial charge in [0.25, 0.3) is 0 Å². The first-order valence-corrected chi connectivity index (χ1v) is 5.03. The first-order chi connectivity index (χ1) is 6.11. The van der Waals surface area contributed by atoms with Crippen LogP contribution in [0.2, 0.25) is 0 Å². The van der Waals surface area contributed by atoms with Crippen molar-refractivity contribution in [1.82, 2.24) is 9.80 Å². The van der Waals surface area contributed by atoms with Crippen molar-refractivity contribution < 1.29 is 4.79 Å². The number of hydrogen-bond acceptors (Lipinski definition) is 2. The molecule has 1 heterocycles. The van der Waals surface area contributed by atoms with E-state index in [2.05, 4.69) is 19.0 Å². The van der Waals surface area contributed by atoms with Crippen molar-refractivity contribution in [3.63, 3.8) is 0 Å². The van der Waals surface area contributed by atoms with Crippen molar-refractivity contribution in [2.24, 2.45) is 0 Å². The predicted octanol–water partition coefficient (Wildman–Crippen LogP) is 1.20. The molecular weight excluding hydrogens is 164 g/mol. The third-order valence-corrected chi connectivity index (χ3v) is 2.34. The van der Waals surface area contributed by atoms with E-state index in [1.54, 1.807) is 6.92 Å². The van der Waals surface area contributed by atoms with Crippen LogP contribution in [-0.4, -0.2) is 48.9 Å². The van der Waals surface area contributed by atoms with Crippen LogP contribution in [0.5, 0.6) is 0 Å². The molecule has 1 rings (SSSR count). The molecule has 0 aromatic carbocycles. The maximum atomic E-state index is 10.9. The number of likely N-dealkylation sites (N-methyl/N-ethyl adjacent to an activating group) is 1. The molecule has 0 unspecified atom stereocenters. The van der Waals surface area contributed by atoms with Crippen LogP contribution in [0.4, 0.5) is 0 Å². The van der Waals surface area contributed by atoms with E-state index in [1.165, 1.54) is 0 Å². The number of carbonyl (C=O) groups is 1. The van der Waals surface area contributed by atoms with E-state index >= 15 is 0 Å². The fourth-order valence-electron chi connectivity index (χ4n) is 1.45. The molecule has 1 saturated heterocycles. The molecule has 1 aliphatic heterocycles. The van der Waals surface area contributed by atoms with E-state index in [1.807, 2.05) is 18.7 Å². The Labute approximate surface area is 81.7 Å². The molecule has 1 amide bonds. The molecule has 0 aliphatic carbocycles. The predicted molar refractivity (Wildman–Crippen MR) is 55.7 cm³/mol.